The van der Waals surface area contributed by atoms with E-state index in [-0.39, 0.29) is 38.0 Å². The van der Waals surface area contributed by atoms with Crippen LogP contribution in [0.25, 0.3) is 0 Å². The van der Waals surface area contributed by atoms with Gasteiger partial charge in [0.1, 0.15) is 0 Å². The molecule has 0 heterocycles. The fourth-order valence-corrected chi connectivity index (χ4v) is 3.19. The third kappa shape index (κ3) is 4.13. The van der Waals surface area contributed by atoms with Crippen molar-refractivity contribution >= 4 is 7.85 Å². The van der Waals surface area contributed by atoms with Crippen molar-refractivity contribution < 1.29 is 32.7 Å². The van der Waals surface area contributed by atoms with Gasteiger partial charge in [-0.1, -0.05) is 39.4 Å². The molecule has 1 rings (SSSR count). The van der Waals surface area contributed by atoms with Crippen LogP contribution >= 0.6 is 0 Å². The number of rotatable bonds is 5. The molecule has 1 aliphatic rings. The van der Waals surface area contributed by atoms with Gasteiger partial charge in [-0.2, -0.15) is 6.42 Å². The van der Waals surface area contributed by atoms with Crippen LogP contribution < -0.4 is 0 Å². The Morgan fingerprint density at radius 2 is 2.06 bits per heavy atom. The Bertz CT molecular complexity index is 213. The molecule has 0 nitrogen and oxygen atoms in total. The summed E-state index contributed by atoms with van der Waals surface area (Å²) in [6.07, 6.45) is 6.10. The molecule has 1 aliphatic carbocycles. The molecule has 0 saturated heterocycles. The minimum Gasteiger partial charge on any atom is -0.344 e. The molecular formula is C14H26BY-. The summed E-state index contributed by atoms with van der Waals surface area (Å²) in [7, 11) is 6.29. The molecule has 1 saturated carbocycles. The number of hydrogen-bond donors (Lipinski definition) is 0. The third-order valence-electron chi connectivity index (χ3n) is 4.26. The first-order chi connectivity index (χ1) is 6.81. The molecule has 0 spiro atoms. The summed E-state index contributed by atoms with van der Waals surface area (Å²) in [4.78, 5) is 0. The minimum absolute atomic E-state index is 0. The van der Waals surface area contributed by atoms with Crippen molar-refractivity contribution in [2.45, 2.75) is 65.1 Å². The maximum absolute atomic E-state index is 6.29. The molecule has 0 amide bonds. The monoisotopic (exact) mass is 294 g/mol. The van der Waals surface area contributed by atoms with E-state index in [0.29, 0.717) is 5.41 Å². The van der Waals surface area contributed by atoms with Crippen molar-refractivity contribution in [1.82, 2.24) is 0 Å². The van der Waals surface area contributed by atoms with Crippen LogP contribution in [0.5, 0.6) is 0 Å². The van der Waals surface area contributed by atoms with Gasteiger partial charge in [-0.25, -0.2) is 0 Å². The first-order valence-corrected chi connectivity index (χ1v) is 6.39. The van der Waals surface area contributed by atoms with Gasteiger partial charge >= 0.3 is 0 Å². The van der Waals surface area contributed by atoms with E-state index in [1.165, 1.54) is 19.3 Å². The summed E-state index contributed by atoms with van der Waals surface area (Å²) in [5, 5.41) is -0.0659. The Hall–Kier alpha value is 1.17. The van der Waals surface area contributed by atoms with Crippen molar-refractivity contribution in [2.24, 2.45) is 17.3 Å². The fourth-order valence-electron chi connectivity index (χ4n) is 3.19. The van der Waals surface area contributed by atoms with Gasteiger partial charge in [-0.3, -0.25) is 0 Å². The Morgan fingerprint density at radius 1 is 1.50 bits per heavy atom. The van der Waals surface area contributed by atoms with Crippen LogP contribution in [0.3, 0.4) is 0 Å². The predicted molar refractivity (Wildman–Crippen MR) is 69.0 cm³/mol. The summed E-state index contributed by atoms with van der Waals surface area (Å²) in [6, 6.07) is 0. The van der Waals surface area contributed by atoms with E-state index in [0.717, 1.165) is 24.7 Å². The van der Waals surface area contributed by atoms with E-state index in [4.69, 9.17) is 7.85 Å². The fraction of sp³-hybridized carbons (Fsp3) is 0.929. The van der Waals surface area contributed by atoms with Crippen LogP contribution in [0, 0.1) is 24.2 Å². The second-order valence-corrected chi connectivity index (χ2v) is 6.48. The second-order valence-electron chi connectivity index (χ2n) is 6.48. The van der Waals surface area contributed by atoms with Gasteiger partial charge in [0.25, 0.3) is 0 Å². The Morgan fingerprint density at radius 3 is 2.31 bits per heavy atom. The zero-order valence-electron chi connectivity index (χ0n) is 11.6. The normalized spacial score (nSPS) is 32.8. The molecule has 0 N–H and O–H groups in total. The first-order valence-electron chi connectivity index (χ1n) is 6.39. The largest absolute Gasteiger partial charge is 0.344 e. The van der Waals surface area contributed by atoms with E-state index >= 15 is 0 Å². The average Bonchev–Trinajstić information content (AvgIpc) is 2.13. The molecular weight excluding hydrogens is 268 g/mol. The molecule has 0 bridgehead atoms. The molecule has 2 heteroatoms. The van der Waals surface area contributed by atoms with Crippen LogP contribution in [0.1, 0.15) is 59.8 Å². The molecule has 3 atom stereocenters. The van der Waals surface area contributed by atoms with Gasteiger partial charge in [0.15, 0.2) is 0 Å². The van der Waals surface area contributed by atoms with Crippen LogP contribution in [-0.2, 0) is 32.7 Å². The van der Waals surface area contributed by atoms with Gasteiger partial charge in [-0.15, -0.1) is 0 Å². The van der Waals surface area contributed by atoms with Gasteiger partial charge in [0.2, 0.25) is 0 Å². The molecule has 0 aliphatic heterocycles. The maximum Gasteiger partial charge on any atom is 0.0708 e. The van der Waals surface area contributed by atoms with Gasteiger partial charge in [-0.05, 0) is 36.5 Å². The standard InChI is InChI=1S/C14H26B.Y/c1-6-13(5,15)10-14(9-11(2)3)8-7-12(14)4;/h11-12H,1,6-10H2,2-5H3;/q-1;. The van der Waals surface area contributed by atoms with Crippen LogP contribution in [-0.4, -0.2) is 7.85 Å². The third-order valence-corrected chi connectivity index (χ3v) is 4.26. The second kappa shape index (κ2) is 6.37. The van der Waals surface area contributed by atoms with Crippen molar-refractivity contribution in [1.29, 1.82) is 0 Å². The van der Waals surface area contributed by atoms with E-state index in [1.807, 2.05) is 0 Å². The molecule has 0 aromatic carbocycles. The molecule has 89 valence electrons. The SMILES string of the molecule is [B]C(C)(C[CH2-])CC1(CC(C)C)CCC1C.[Y]. The van der Waals surface area contributed by atoms with Crippen LogP contribution in [0.2, 0.25) is 5.31 Å². The molecule has 16 heavy (non-hydrogen) atoms. The predicted octanol–water partition coefficient (Wildman–Crippen LogP) is 4.41. The summed E-state index contributed by atoms with van der Waals surface area (Å²) in [5.74, 6) is 1.64. The van der Waals surface area contributed by atoms with Crippen molar-refractivity contribution in [3.05, 3.63) is 6.92 Å². The average molecular weight is 294 g/mol. The van der Waals surface area contributed by atoms with Gasteiger partial charge in [0.05, 0.1) is 7.85 Å². The molecule has 0 aromatic heterocycles. The first kappa shape index (κ1) is 17.2. The van der Waals surface area contributed by atoms with Crippen molar-refractivity contribution in [2.75, 3.05) is 0 Å². The summed E-state index contributed by atoms with van der Waals surface area (Å²) in [5.41, 5.74) is 0.523. The summed E-state index contributed by atoms with van der Waals surface area (Å²) in [6.45, 7) is 13.2. The molecule has 1 fully saturated rings. The maximum atomic E-state index is 6.29. The smallest absolute Gasteiger partial charge is 0.0708 e. The van der Waals surface area contributed by atoms with Gasteiger partial charge < -0.3 is 6.92 Å². The van der Waals surface area contributed by atoms with Crippen LogP contribution in [0.15, 0.2) is 0 Å². The van der Waals surface area contributed by atoms with Crippen molar-refractivity contribution in [3.8, 4) is 0 Å². The van der Waals surface area contributed by atoms with E-state index < -0.39 is 0 Å². The topological polar surface area (TPSA) is 0 Å². The van der Waals surface area contributed by atoms with E-state index in [1.54, 1.807) is 0 Å². The Balaban J connectivity index is 0.00000225. The molecule has 3 unspecified atom stereocenters. The quantitative estimate of drug-likeness (QED) is 0.520. The summed E-state index contributed by atoms with van der Waals surface area (Å²) < 4.78 is 0. The molecule has 3 radical (unpaired) electrons. The number of hydrogen-bond acceptors (Lipinski definition) is 0. The zero-order valence-corrected chi connectivity index (χ0v) is 14.4. The minimum atomic E-state index is -0.0659. The van der Waals surface area contributed by atoms with Crippen molar-refractivity contribution in [3.63, 3.8) is 0 Å². The molecule has 0 aromatic rings. The van der Waals surface area contributed by atoms with E-state index in [2.05, 4.69) is 34.6 Å². The Labute approximate surface area is 129 Å². The van der Waals surface area contributed by atoms with E-state index in [9.17, 15) is 0 Å². The zero-order chi connectivity index (χ0) is 11.7. The van der Waals surface area contributed by atoms with Gasteiger partial charge in [0, 0.05) is 32.7 Å². The Kier molecular flexibility index (Phi) is 6.83. The summed E-state index contributed by atoms with van der Waals surface area (Å²) >= 11 is 0. The van der Waals surface area contributed by atoms with Crippen LogP contribution in [0.4, 0.5) is 0 Å².